The number of fused-ring (bicyclic) bond motifs is 1. The Morgan fingerprint density at radius 1 is 0.867 bits per heavy atom. The molecule has 0 saturated heterocycles. The van der Waals surface area contributed by atoms with Gasteiger partial charge in [-0.15, -0.1) is 0 Å². The lowest BCUT2D eigenvalue weighted by atomic mass is 9.73. The summed E-state index contributed by atoms with van der Waals surface area (Å²) in [5, 5.41) is 0. The normalized spacial score (nSPS) is 23.3. The summed E-state index contributed by atoms with van der Waals surface area (Å²) < 4.78 is -0.0111. The van der Waals surface area contributed by atoms with Crippen LogP contribution < -0.4 is 0 Å². The molecule has 0 aromatic heterocycles. The molecule has 2 aliphatic carbocycles. The van der Waals surface area contributed by atoms with E-state index < -0.39 is 0 Å². The number of carbonyl (C=O) groups is 1. The second kappa shape index (κ2) is 10.4. The summed E-state index contributed by atoms with van der Waals surface area (Å²) in [6, 6.07) is 16.9. The van der Waals surface area contributed by atoms with Crippen LogP contribution in [0.25, 0.3) is 0 Å². The highest BCUT2D eigenvalue weighted by Crippen LogP contribution is 2.45. The van der Waals surface area contributed by atoms with Crippen molar-refractivity contribution in [3.05, 3.63) is 59.7 Å². The maximum atomic E-state index is 13.0. The third-order valence-corrected chi connectivity index (χ3v) is 7.92. The molecule has 2 fully saturated rings. The molecular formula is C27H37OS2+. The molecule has 0 radical (unpaired) electrons. The Morgan fingerprint density at radius 2 is 1.43 bits per heavy atom. The van der Waals surface area contributed by atoms with Crippen LogP contribution in [0.1, 0.15) is 82.1 Å². The third kappa shape index (κ3) is 5.73. The SMILES string of the molecule is CC.CC(C)([SH2+])c1ccc(Sc2ccc(C(=O)C3CCC4CCCC4C3)cc2)cc1. The molecule has 0 N–H and O–H groups in total. The van der Waals surface area contributed by atoms with Crippen molar-refractivity contribution in [2.24, 2.45) is 17.8 Å². The lowest BCUT2D eigenvalue weighted by molar-refractivity contribution is 0.0837. The van der Waals surface area contributed by atoms with Crippen LogP contribution in [0.3, 0.4) is 0 Å². The van der Waals surface area contributed by atoms with E-state index in [4.69, 9.17) is 0 Å². The molecule has 30 heavy (non-hydrogen) atoms. The molecule has 4 rings (SSSR count). The molecule has 0 aliphatic heterocycles. The van der Waals surface area contributed by atoms with Crippen molar-refractivity contribution in [3.8, 4) is 0 Å². The molecule has 2 saturated carbocycles. The maximum Gasteiger partial charge on any atom is 0.165 e. The number of benzene rings is 2. The monoisotopic (exact) mass is 441 g/mol. The Kier molecular flexibility index (Phi) is 8.15. The van der Waals surface area contributed by atoms with Crippen LogP contribution in [0.15, 0.2) is 58.3 Å². The quantitative estimate of drug-likeness (QED) is 0.353. The minimum absolute atomic E-state index is 0.0111. The minimum Gasteiger partial charge on any atom is -0.294 e. The van der Waals surface area contributed by atoms with Crippen molar-refractivity contribution in [2.75, 3.05) is 0 Å². The molecule has 3 heteroatoms. The van der Waals surface area contributed by atoms with Crippen LogP contribution in [0.5, 0.6) is 0 Å². The summed E-state index contributed by atoms with van der Waals surface area (Å²) in [5.41, 5.74) is 2.16. The predicted molar refractivity (Wildman–Crippen MR) is 134 cm³/mol. The van der Waals surface area contributed by atoms with Gasteiger partial charge in [0.1, 0.15) is 4.75 Å². The molecule has 1 nitrogen and oxygen atoms in total. The average molecular weight is 442 g/mol. The van der Waals surface area contributed by atoms with Crippen molar-refractivity contribution in [1.29, 1.82) is 0 Å². The summed E-state index contributed by atoms with van der Waals surface area (Å²) in [6.45, 7) is 8.31. The molecule has 0 spiro atoms. The zero-order chi connectivity index (χ0) is 21.7. The van der Waals surface area contributed by atoms with Gasteiger partial charge in [-0.3, -0.25) is 4.79 Å². The molecule has 0 bridgehead atoms. The van der Waals surface area contributed by atoms with E-state index in [9.17, 15) is 4.79 Å². The van der Waals surface area contributed by atoms with Gasteiger partial charge in [-0.2, -0.15) is 0 Å². The van der Waals surface area contributed by atoms with Gasteiger partial charge in [-0.1, -0.05) is 69.1 Å². The van der Waals surface area contributed by atoms with Gasteiger partial charge < -0.3 is 0 Å². The van der Waals surface area contributed by atoms with E-state index in [0.29, 0.717) is 5.78 Å². The Morgan fingerprint density at radius 3 is 2.03 bits per heavy atom. The number of Topliss-reactive ketones (excluding diaryl/α,β-unsaturated/α-hetero) is 1. The Balaban J connectivity index is 0.00000124. The van der Waals surface area contributed by atoms with Crippen molar-refractivity contribution < 1.29 is 4.79 Å². The highest BCUT2D eigenvalue weighted by Gasteiger charge is 2.36. The van der Waals surface area contributed by atoms with Crippen molar-refractivity contribution in [1.82, 2.24) is 0 Å². The van der Waals surface area contributed by atoms with Gasteiger partial charge in [0.25, 0.3) is 0 Å². The van der Waals surface area contributed by atoms with Crippen molar-refractivity contribution >= 4 is 30.2 Å². The van der Waals surface area contributed by atoms with Crippen LogP contribution in [-0.2, 0) is 17.4 Å². The fourth-order valence-corrected chi connectivity index (χ4v) is 5.92. The fraction of sp³-hybridized carbons (Fsp3) is 0.519. The zero-order valence-electron chi connectivity index (χ0n) is 18.9. The molecule has 2 aliphatic rings. The molecule has 3 atom stereocenters. The molecule has 0 amide bonds. The van der Waals surface area contributed by atoms with E-state index >= 15 is 0 Å². The first-order valence-electron chi connectivity index (χ1n) is 11.6. The lowest BCUT2D eigenvalue weighted by Crippen LogP contribution is -2.26. The van der Waals surface area contributed by atoms with Gasteiger partial charge in [-0.25, -0.2) is 0 Å². The van der Waals surface area contributed by atoms with Crippen molar-refractivity contribution in [2.45, 2.75) is 80.8 Å². The fourth-order valence-electron chi connectivity index (χ4n) is 4.94. The molecule has 2 aromatic rings. The highest BCUT2D eigenvalue weighted by molar-refractivity contribution is 7.99. The van der Waals surface area contributed by atoms with Crippen LogP contribution in [-0.4, -0.2) is 5.78 Å². The minimum atomic E-state index is -0.0111. The number of ketones is 1. The van der Waals surface area contributed by atoms with E-state index in [-0.39, 0.29) is 10.7 Å². The summed E-state index contributed by atoms with van der Waals surface area (Å²) in [5.74, 6) is 2.33. The topological polar surface area (TPSA) is 17.1 Å². The van der Waals surface area contributed by atoms with Crippen LogP contribution in [0.2, 0.25) is 0 Å². The van der Waals surface area contributed by atoms with Gasteiger partial charge in [0, 0.05) is 26.8 Å². The van der Waals surface area contributed by atoms with E-state index in [2.05, 4.69) is 62.9 Å². The smallest absolute Gasteiger partial charge is 0.165 e. The summed E-state index contributed by atoms with van der Waals surface area (Å²) in [6.07, 6.45) is 7.58. The van der Waals surface area contributed by atoms with Gasteiger partial charge in [0.2, 0.25) is 0 Å². The molecule has 3 unspecified atom stereocenters. The largest absolute Gasteiger partial charge is 0.294 e. The Labute approximate surface area is 192 Å². The van der Waals surface area contributed by atoms with Crippen molar-refractivity contribution in [3.63, 3.8) is 0 Å². The second-order valence-corrected chi connectivity index (χ2v) is 11.5. The van der Waals surface area contributed by atoms with E-state index in [1.54, 1.807) is 11.8 Å². The average Bonchev–Trinajstić information content (AvgIpc) is 3.23. The Hall–Kier alpha value is -1.19. The number of hydrogen-bond donors (Lipinski definition) is 0. The zero-order valence-corrected chi connectivity index (χ0v) is 20.7. The first-order valence-corrected chi connectivity index (χ1v) is 12.9. The van der Waals surface area contributed by atoms with E-state index in [0.717, 1.165) is 30.2 Å². The number of carbonyl (C=O) groups excluding carboxylic acids is 1. The number of rotatable bonds is 5. The van der Waals surface area contributed by atoms with Gasteiger partial charge in [0.05, 0.1) is 0 Å². The predicted octanol–water partition coefficient (Wildman–Crippen LogP) is 7.51. The molecule has 0 heterocycles. The molecule has 162 valence electrons. The summed E-state index contributed by atoms with van der Waals surface area (Å²) in [7, 11) is 0. The summed E-state index contributed by atoms with van der Waals surface area (Å²) in [4.78, 5) is 15.4. The second-order valence-electron chi connectivity index (χ2n) is 9.10. The van der Waals surface area contributed by atoms with Gasteiger partial charge in [0.15, 0.2) is 5.78 Å². The standard InChI is InChI=1S/C25H30OS2.C2H6/c1-25(2,27)21-10-14-23(15-11-21)28-22-12-8-18(9-13-22)24(26)20-7-6-17-4-3-5-19(17)16-20;1-2/h8-15,17,19-20,27H,3-7,16H2,1-2H3;1-2H3/p+1. The molecule has 2 aromatic carbocycles. The van der Waals surface area contributed by atoms with Crippen LogP contribution >= 0.6 is 11.8 Å². The van der Waals surface area contributed by atoms with E-state index in [1.165, 1.54) is 41.0 Å². The number of hydrogen-bond acceptors (Lipinski definition) is 2. The maximum absolute atomic E-state index is 13.0. The van der Waals surface area contributed by atoms with Crippen LogP contribution in [0, 0.1) is 17.8 Å². The first-order chi connectivity index (χ1) is 14.4. The first kappa shape index (κ1) is 23.5. The summed E-state index contributed by atoms with van der Waals surface area (Å²) >= 11 is 5.51. The third-order valence-electron chi connectivity index (χ3n) is 6.61. The van der Waals surface area contributed by atoms with Gasteiger partial charge in [-0.05, 0) is 81.8 Å². The van der Waals surface area contributed by atoms with E-state index in [1.807, 2.05) is 26.0 Å². The van der Waals surface area contributed by atoms with Gasteiger partial charge >= 0.3 is 0 Å². The molecular weight excluding hydrogens is 404 g/mol. The highest BCUT2D eigenvalue weighted by atomic mass is 32.2. The van der Waals surface area contributed by atoms with Crippen LogP contribution in [0.4, 0.5) is 0 Å². The Bertz CT molecular complexity index is 817. The lowest BCUT2D eigenvalue weighted by Gasteiger charge is -2.31.